The molecule has 0 spiro atoms. The number of nitrogens with zero attached hydrogens (tertiary/aromatic N) is 2. The van der Waals surface area contributed by atoms with Crippen molar-refractivity contribution >= 4 is 34.2 Å². The summed E-state index contributed by atoms with van der Waals surface area (Å²) in [5.41, 5.74) is 1.67. The van der Waals surface area contributed by atoms with Gasteiger partial charge in [-0.3, -0.25) is 14.6 Å². The van der Waals surface area contributed by atoms with Gasteiger partial charge >= 0.3 is 0 Å². The second-order valence-electron chi connectivity index (χ2n) is 6.28. The maximum absolute atomic E-state index is 13.3. The first-order valence-corrected chi connectivity index (χ1v) is 9.04. The summed E-state index contributed by atoms with van der Waals surface area (Å²) >= 11 is 6.17. The number of amides is 1. The fraction of sp³-hybridized carbons (Fsp3) is 0.0455. The number of rotatable bonds is 3. The predicted molar refractivity (Wildman–Crippen MR) is 112 cm³/mol. The molecule has 2 aromatic carbocycles. The largest absolute Gasteiger partial charge is 0.330 e. The lowest BCUT2D eigenvalue weighted by Gasteiger charge is -2.18. The summed E-state index contributed by atoms with van der Waals surface area (Å²) in [5, 5.41) is 3.76. The molecule has 0 fully saturated rings. The van der Waals surface area contributed by atoms with Crippen molar-refractivity contribution in [2.75, 3.05) is 5.32 Å². The van der Waals surface area contributed by atoms with E-state index in [4.69, 9.17) is 11.6 Å². The molecular weight excluding hydrogens is 374 g/mol. The van der Waals surface area contributed by atoms with Crippen LogP contribution in [0.5, 0.6) is 0 Å². The van der Waals surface area contributed by atoms with Crippen LogP contribution in [-0.4, -0.2) is 15.5 Å². The van der Waals surface area contributed by atoms with Crippen LogP contribution in [0.2, 0.25) is 5.02 Å². The van der Waals surface area contributed by atoms with Crippen molar-refractivity contribution in [2.45, 2.75) is 0 Å². The highest BCUT2D eigenvalue weighted by molar-refractivity contribution is 6.34. The van der Waals surface area contributed by atoms with Crippen LogP contribution in [0.15, 0.2) is 77.7 Å². The fourth-order valence-corrected chi connectivity index (χ4v) is 3.42. The van der Waals surface area contributed by atoms with Gasteiger partial charge in [0.05, 0.1) is 27.4 Å². The fourth-order valence-electron chi connectivity index (χ4n) is 3.20. The van der Waals surface area contributed by atoms with E-state index < -0.39 is 5.91 Å². The summed E-state index contributed by atoms with van der Waals surface area (Å²) in [6, 6.07) is 19.4. The Morgan fingerprint density at radius 2 is 1.71 bits per heavy atom. The Morgan fingerprint density at radius 1 is 1.00 bits per heavy atom. The van der Waals surface area contributed by atoms with E-state index in [1.54, 1.807) is 66.3 Å². The standard InChI is InChI=1S/C22H16ClN3O2/c1-26-18-12-5-3-9-15(18)20(27)19(17-11-6-7-13-24-17)21(26)25-22(28)14-8-2-4-10-16(14)23/h2-13H,1H3,(H,25,28). The molecule has 0 radical (unpaired) electrons. The molecule has 0 atom stereocenters. The molecule has 28 heavy (non-hydrogen) atoms. The second kappa shape index (κ2) is 7.29. The highest BCUT2D eigenvalue weighted by atomic mass is 35.5. The van der Waals surface area contributed by atoms with Crippen molar-refractivity contribution in [3.8, 4) is 11.3 Å². The van der Waals surface area contributed by atoms with Crippen molar-refractivity contribution < 1.29 is 4.79 Å². The lowest BCUT2D eigenvalue weighted by molar-refractivity contribution is 0.102. The van der Waals surface area contributed by atoms with Crippen molar-refractivity contribution in [1.29, 1.82) is 0 Å². The summed E-state index contributed by atoms with van der Waals surface area (Å²) in [4.78, 5) is 30.5. The minimum atomic E-state index is -0.395. The van der Waals surface area contributed by atoms with Gasteiger partial charge in [0.25, 0.3) is 5.91 Å². The van der Waals surface area contributed by atoms with Crippen molar-refractivity contribution in [2.24, 2.45) is 7.05 Å². The first kappa shape index (κ1) is 17.9. The molecule has 0 aliphatic rings. The number of benzene rings is 2. The van der Waals surface area contributed by atoms with Gasteiger partial charge in [-0.25, -0.2) is 0 Å². The number of nitrogens with one attached hydrogen (secondary N) is 1. The van der Waals surface area contributed by atoms with E-state index in [2.05, 4.69) is 10.3 Å². The smallest absolute Gasteiger partial charge is 0.258 e. The number of anilines is 1. The van der Waals surface area contributed by atoms with Crippen LogP contribution in [0, 0.1) is 0 Å². The quantitative estimate of drug-likeness (QED) is 0.560. The van der Waals surface area contributed by atoms with Gasteiger partial charge in [-0.05, 0) is 36.4 Å². The maximum atomic E-state index is 13.3. The molecule has 1 N–H and O–H groups in total. The minimum absolute atomic E-state index is 0.193. The Labute approximate surface area is 166 Å². The molecule has 2 heterocycles. The van der Waals surface area contributed by atoms with Gasteiger partial charge in [-0.15, -0.1) is 0 Å². The molecule has 0 bridgehead atoms. The Balaban J connectivity index is 1.96. The monoisotopic (exact) mass is 389 g/mol. The number of carbonyl (C=O) groups is 1. The molecule has 0 aliphatic carbocycles. The van der Waals surface area contributed by atoms with E-state index in [1.807, 2.05) is 18.2 Å². The van der Waals surface area contributed by atoms with Gasteiger partial charge in [-0.1, -0.05) is 41.9 Å². The van der Waals surface area contributed by atoms with Crippen LogP contribution in [0.25, 0.3) is 22.2 Å². The van der Waals surface area contributed by atoms with E-state index in [-0.39, 0.29) is 5.43 Å². The van der Waals surface area contributed by atoms with Gasteiger partial charge < -0.3 is 9.88 Å². The highest BCUT2D eigenvalue weighted by Crippen LogP contribution is 2.28. The van der Waals surface area contributed by atoms with Crippen molar-refractivity contribution in [3.63, 3.8) is 0 Å². The van der Waals surface area contributed by atoms with Gasteiger partial charge in [-0.2, -0.15) is 0 Å². The molecule has 6 heteroatoms. The van der Waals surface area contributed by atoms with E-state index >= 15 is 0 Å². The summed E-state index contributed by atoms with van der Waals surface area (Å²) in [5.74, 6) is -0.0274. The zero-order valence-electron chi connectivity index (χ0n) is 15.0. The number of fused-ring (bicyclic) bond motifs is 1. The number of halogens is 1. The topological polar surface area (TPSA) is 64.0 Å². The summed E-state index contributed by atoms with van der Waals surface area (Å²) in [6.45, 7) is 0. The van der Waals surface area contributed by atoms with E-state index in [0.717, 1.165) is 0 Å². The number of aromatic nitrogens is 2. The van der Waals surface area contributed by atoms with Gasteiger partial charge in [0.2, 0.25) is 5.43 Å². The number of carbonyl (C=O) groups excluding carboxylic acids is 1. The van der Waals surface area contributed by atoms with E-state index in [9.17, 15) is 9.59 Å². The van der Waals surface area contributed by atoms with Crippen molar-refractivity contribution in [3.05, 3.63) is 93.7 Å². The SMILES string of the molecule is Cn1c(NC(=O)c2ccccc2Cl)c(-c2ccccn2)c(=O)c2ccccc21. The lowest BCUT2D eigenvalue weighted by Crippen LogP contribution is -2.22. The molecule has 5 nitrogen and oxygen atoms in total. The molecule has 0 saturated carbocycles. The number of hydrogen-bond donors (Lipinski definition) is 1. The molecular formula is C22H16ClN3O2. The van der Waals surface area contributed by atoms with E-state index in [1.165, 1.54) is 0 Å². The zero-order chi connectivity index (χ0) is 19.7. The Morgan fingerprint density at radius 3 is 2.46 bits per heavy atom. The third-order valence-corrected chi connectivity index (χ3v) is 4.91. The number of pyridine rings is 2. The first-order valence-electron chi connectivity index (χ1n) is 8.67. The van der Waals surface area contributed by atoms with Crippen LogP contribution in [0.3, 0.4) is 0 Å². The lowest BCUT2D eigenvalue weighted by atomic mass is 10.1. The van der Waals surface area contributed by atoms with Crippen LogP contribution in [0.1, 0.15) is 10.4 Å². The third kappa shape index (κ3) is 3.06. The predicted octanol–water partition coefficient (Wildman–Crippen LogP) is 4.51. The van der Waals surface area contributed by atoms with Crippen LogP contribution in [-0.2, 0) is 7.05 Å². The Kier molecular flexibility index (Phi) is 4.67. The average Bonchev–Trinajstić information content (AvgIpc) is 2.73. The number of hydrogen-bond acceptors (Lipinski definition) is 3. The van der Waals surface area contributed by atoms with Gasteiger partial charge in [0.1, 0.15) is 5.82 Å². The van der Waals surface area contributed by atoms with Gasteiger partial charge in [0.15, 0.2) is 0 Å². The molecule has 0 aliphatic heterocycles. The molecule has 2 aromatic heterocycles. The molecule has 1 amide bonds. The Hall–Kier alpha value is -3.44. The third-order valence-electron chi connectivity index (χ3n) is 4.58. The summed E-state index contributed by atoms with van der Waals surface area (Å²) in [6.07, 6.45) is 1.61. The van der Waals surface area contributed by atoms with Crippen molar-refractivity contribution in [1.82, 2.24) is 9.55 Å². The minimum Gasteiger partial charge on any atom is -0.330 e. The second-order valence-corrected chi connectivity index (χ2v) is 6.69. The number of aryl methyl sites for hydroxylation is 1. The first-order chi connectivity index (χ1) is 13.6. The summed E-state index contributed by atoms with van der Waals surface area (Å²) < 4.78 is 1.79. The van der Waals surface area contributed by atoms with E-state index in [0.29, 0.717) is 38.6 Å². The Bertz CT molecular complexity index is 1250. The maximum Gasteiger partial charge on any atom is 0.258 e. The zero-order valence-corrected chi connectivity index (χ0v) is 15.8. The van der Waals surface area contributed by atoms with Crippen LogP contribution >= 0.6 is 11.6 Å². The number of para-hydroxylation sites is 1. The average molecular weight is 390 g/mol. The molecule has 4 rings (SSSR count). The molecule has 0 saturated heterocycles. The van der Waals surface area contributed by atoms with Gasteiger partial charge in [0, 0.05) is 18.6 Å². The summed E-state index contributed by atoms with van der Waals surface area (Å²) in [7, 11) is 1.80. The normalized spacial score (nSPS) is 10.8. The van der Waals surface area contributed by atoms with Crippen LogP contribution in [0.4, 0.5) is 5.82 Å². The van der Waals surface area contributed by atoms with Crippen LogP contribution < -0.4 is 10.7 Å². The molecule has 4 aromatic rings. The molecule has 138 valence electrons. The highest BCUT2D eigenvalue weighted by Gasteiger charge is 2.20. The molecule has 0 unspecified atom stereocenters.